The van der Waals surface area contributed by atoms with Gasteiger partial charge < -0.3 is 20.8 Å². The van der Waals surface area contributed by atoms with Gasteiger partial charge in [0.2, 0.25) is 0 Å². The van der Waals surface area contributed by atoms with E-state index in [0.717, 1.165) is 0 Å². The minimum atomic E-state index is -0.0694. The highest BCUT2D eigenvalue weighted by Crippen LogP contribution is 1.72. The SMILES string of the molecule is NN([O-])CCN(N)[O-]. The maximum atomic E-state index is 9.82. The van der Waals surface area contributed by atoms with Crippen LogP contribution in [0.25, 0.3) is 0 Å². The predicted molar refractivity (Wildman–Crippen MR) is 28.5 cm³/mol. The summed E-state index contributed by atoms with van der Waals surface area (Å²) in [5.41, 5.74) is 0. The summed E-state index contributed by atoms with van der Waals surface area (Å²) in [7, 11) is 0. The van der Waals surface area contributed by atoms with E-state index in [1.54, 1.807) is 0 Å². The van der Waals surface area contributed by atoms with Gasteiger partial charge >= 0.3 is 0 Å². The van der Waals surface area contributed by atoms with Gasteiger partial charge in [0.1, 0.15) is 0 Å². The van der Waals surface area contributed by atoms with Gasteiger partial charge in [0.25, 0.3) is 0 Å². The summed E-state index contributed by atoms with van der Waals surface area (Å²) in [5, 5.41) is 19.9. The average Bonchev–Trinajstić information content (AvgIpc) is 1.61. The van der Waals surface area contributed by atoms with E-state index in [2.05, 4.69) is 11.7 Å². The molecule has 6 heteroatoms. The quantitative estimate of drug-likeness (QED) is 0.341. The predicted octanol–water partition coefficient (Wildman–Crippen LogP) is -1.67. The standard InChI is InChI=1S/C2H8N4O2/c3-5(7)1-2-6(4)8/h1-4H2/q-2. The molecule has 0 aliphatic rings. The van der Waals surface area contributed by atoms with E-state index in [4.69, 9.17) is 0 Å². The van der Waals surface area contributed by atoms with Crippen molar-refractivity contribution >= 4 is 0 Å². The maximum Gasteiger partial charge on any atom is 0.0123 e. The van der Waals surface area contributed by atoms with Crippen LogP contribution < -0.4 is 11.7 Å². The van der Waals surface area contributed by atoms with Crippen molar-refractivity contribution in [1.29, 1.82) is 0 Å². The van der Waals surface area contributed by atoms with Crippen LogP contribution in [-0.2, 0) is 0 Å². The van der Waals surface area contributed by atoms with Crippen LogP contribution in [0.4, 0.5) is 0 Å². The van der Waals surface area contributed by atoms with Gasteiger partial charge in [0.15, 0.2) is 0 Å². The molecule has 0 spiro atoms. The molecule has 0 aliphatic carbocycles. The van der Waals surface area contributed by atoms with Crippen molar-refractivity contribution in [2.45, 2.75) is 0 Å². The van der Waals surface area contributed by atoms with Crippen molar-refractivity contribution < 1.29 is 0 Å². The molecule has 0 aromatic heterocycles. The molecule has 0 bridgehead atoms. The van der Waals surface area contributed by atoms with Gasteiger partial charge in [0.05, 0.1) is 0 Å². The summed E-state index contributed by atoms with van der Waals surface area (Å²) in [6, 6.07) is 0. The molecule has 0 heterocycles. The Kier molecular flexibility index (Phi) is 3.61. The van der Waals surface area contributed by atoms with Gasteiger partial charge in [-0.1, -0.05) is 0 Å². The summed E-state index contributed by atoms with van der Waals surface area (Å²) >= 11 is 0. The molecule has 6 nitrogen and oxygen atoms in total. The second kappa shape index (κ2) is 3.72. The van der Waals surface area contributed by atoms with Crippen LogP contribution in [0.5, 0.6) is 0 Å². The first-order valence-corrected chi connectivity index (χ1v) is 2.01. The number of rotatable bonds is 3. The number of hydrogen-bond donors (Lipinski definition) is 2. The van der Waals surface area contributed by atoms with Crippen LogP contribution >= 0.6 is 0 Å². The zero-order valence-electron chi connectivity index (χ0n) is 4.28. The third kappa shape index (κ3) is 5.76. The fraction of sp³-hybridized carbons (Fsp3) is 1.00. The first-order valence-electron chi connectivity index (χ1n) is 2.01. The summed E-state index contributed by atoms with van der Waals surface area (Å²) in [6.45, 7) is -0.139. The van der Waals surface area contributed by atoms with E-state index >= 15 is 0 Å². The molecule has 0 amide bonds. The Morgan fingerprint density at radius 3 is 1.38 bits per heavy atom. The largest absolute Gasteiger partial charge is 0.772 e. The smallest absolute Gasteiger partial charge is 0.0123 e. The van der Waals surface area contributed by atoms with E-state index in [-0.39, 0.29) is 23.4 Å². The summed E-state index contributed by atoms with van der Waals surface area (Å²) < 4.78 is 0. The Morgan fingerprint density at radius 2 is 1.25 bits per heavy atom. The topological polar surface area (TPSA) is 105 Å². The lowest BCUT2D eigenvalue weighted by Crippen LogP contribution is -2.35. The molecule has 0 aliphatic heterocycles. The molecule has 0 saturated carbocycles. The average molecular weight is 120 g/mol. The fourth-order valence-corrected chi connectivity index (χ4v) is 0.197. The molecule has 0 aromatic rings. The Hall–Kier alpha value is -0.240. The second-order valence-corrected chi connectivity index (χ2v) is 1.28. The highest BCUT2D eigenvalue weighted by atomic mass is 16.5. The third-order valence-electron chi connectivity index (χ3n) is 0.541. The number of hydroxylamine groups is 2. The van der Waals surface area contributed by atoms with Crippen LogP contribution in [-0.4, -0.2) is 23.4 Å². The van der Waals surface area contributed by atoms with Crippen molar-refractivity contribution in [2.24, 2.45) is 11.7 Å². The number of hydrogen-bond acceptors (Lipinski definition) is 6. The molecule has 0 saturated heterocycles. The Labute approximate surface area is 46.7 Å². The van der Waals surface area contributed by atoms with Gasteiger partial charge in [0, 0.05) is 13.1 Å². The molecule has 0 unspecified atom stereocenters. The van der Waals surface area contributed by atoms with E-state index in [1.165, 1.54) is 0 Å². The Morgan fingerprint density at radius 1 is 1.00 bits per heavy atom. The second-order valence-electron chi connectivity index (χ2n) is 1.28. The van der Waals surface area contributed by atoms with Crippen LogP contribution in [0.3, 0.4) is 0 Å². The minimum Gasteiger partial charge on any atom is -0.772 e. The summed E-state index contributed by atoms with van der Waals surface area (Å²) in [4.78, 5) is 0. The summed E-state index contributed by atoms with van der Waals surface area (Å²) in [5.74, 6) is 9.19. The van der Waals surface area contributed by atoms with Crippen molar-refractivity contribution in [2.75, 3.05) is 13.1 Å². The van der Waals surface area contributed by atoms with E-state index in [0.29, 0.717) is 0 Å². The van der Waals surface area contributed by atoms with E-state index < -0.39 is 0 Å². The first-order chi connectivity index (χ1) is 3.63. The van der Waals surface area contributed by atoms with E-state index in [9.17, 15) is 10.4 Å². The zero-order chi connectivity index (χ0) is 6.57. The van der Waals surface area contributed by atoms with Crippen molar-refractivity contribution in [3.05, 3.63) is 10.4 Å². The lowest BCUT2D eigenvalue weighted by molar-refractivity contribution is 0.309. The van der Waals surface area contributed by atoms with Crippen molar-refractivity contribution in [1.82, 2.24) is 10.3 Å². The molecule has 0 atom stereocenters. The zero-order valence-corrected chi connectivity index (χ0v) is 4.28. The molecule has 0 fully saturated rings. The van der Waals surface area contributed by atoms with Crippen LogP contribution in [0, 0.1) is 10.4 Å². The molecular formula is C2H8N4O2-2. The molecule has 0 aromatic carbocycles. The van der Waals surface area contributed by atoms with Gasteiger partial charge in [-0.05, 0) is 0 Å². The Bertz CT molecular complexity index is 48.0. The molecule has 4 N–H and O–H groups in total. The molecule has 50 valence electrons. The molecular weight excluding hydrogens is 112 g/mol. The van der Waals surface area contributed by atoms with Crippen LogP contribution in [0.2, 0.25) is 0 Å². The maximum absolute atomic E-state index is 9.82. The molecule has 0 radical (unpaired) electrons. The lowest BCUT2D eigenvalue weighted by atomic mass is 10.7. The van der Waals surface area contributed by atoms with Gasteiger partial charge in [-0.15, -0.1) is 0 Å². The van der Waals surface area contributed by atoms with Gasteiger partial charge in [-0.2, -0.15) is 0 Å². The van der Waals surface area contributed by atoms with Crippen molar-refractivity contribution in [3.63, 3.8) is 0 Å². The van der Waals surface area contributed by atoms with E-state index in [1.807, 2.05) is 0 Å². The lowest BCUT2D eigenvalue weighted by Gasteiger charge is -2.27. The normalized spacial score (nSPS) is 11.2. The number of hydrazine groups is 2. The number of nitrogens with two attached hydrogens (primary N) is 2. The minimum absolute atomic E-state index is 0.0694. The summed E-state index contributed by atoms with van der Waals surface area (Å²) in [6.07, 6.45) is 0. The van der Waals surface area contributed by atoms with Gasteiger partial charge in [-0.25, -0.2) is 0 Å². The fourth-order valence-electron chi connectivity index (χ4n) is 0.197. The highest BCUT2D eigenvalue weighted by molar-refractivity contribution is 4.51. The first kappa shape index (κ1) is 7.76. The Balaban J connectivity index is 2.93. The number of nitrogens with zero attached hydrogens (tertiary/aromatic N) is 2. The molecule has 8 heavy (non-hydrogen) atoms. The third-order valence-corrected chi connectivity index (χ3v) is 0.541. The van der Waals surface area contributed by atoms with Crippen LogP contribution in [0.1, 0.15) is 0 Å². The van der Waals surface area contributed by atoms with Crippen LogP contribution in [0.15, 0.2) is 0 Å². The van der Waals surface area contributed by atoms with Gasteiger partial charge in [-0.3, -0.25) is 11.7 Å². The highest BCUT2D eigenvalue weighted by Gasteiger charge is 1.81. The monoisotopic (exact) mass is 120 g/mol. The molecule has 0 rings (SSSR count). The van der Waals surface area contributed by atoms with Crippen molar-refractivity contribution in [3.8, 4) is 0 Å².